The molecule has 1 aromatic heterocycles. The largest absolute Gasteiger partial charge is 0.465 e. The third-order valence-electron chi connectivity index (χ3n) is 4.68. The van der Waals surface area contributed by atoms with Crippen molar-refractivity contribution in [2.24, 2.45) is 0 Å². The summed E-state index contributed by atoms with van der Waals surface area (Å²) in [7, 11) is 1.35. The minimum absolute atomic E-state index is 0.0780. The molecule has 1 aliphatic heterocycles. The van der Waals surface area contributed by atoms with Gasteiger partial charge in [0, 0.05) is 19.2 Å². The van der Waals surface area contributed by atoms with Crippen molar-refractivity contribution in [3.05, 3.63) is 64.3 Å². The highest BCUT2D eigenvalue weighted by Gasteiger charge is 2.16. The number of nitrogens with zero attached hydrogens (tertiary/aromatic N) is 1. The van der Waals surface area contributed by atoms with E-state index in [0.29, 0.717) is 48.7 Å². The Bertz CT molecular complexity index is 1030. The summed E-state index contributed by atoms with van der Waals surface area (Å²) >= 11 is 0. The Morgan fingerprint density at radius 2 is 1.70 bits per heavy atom. The quantitative estimate of drug-likeness (QED) is 0.665. The molecule has 0 bridgehead atoms. The summed E-state index contributed by atoms with van der Waals surface area (Å²) in [6, 6.07) is 14.1. The number of hydrogen-bond donors (Lipinski definition) is 0. The molecular formula is C21H19NO5. The van der Waals surface area contributed by atoms with E-state index in [1.165, 1.54) is 13.2 Å². The second-order valence-corrected chi connectivity index (χ2v) is 6.33. The summed E-state index contributed by atoms with van der Waals surface area (Å²) in [4.78, 5) is 26.2. The van der Waals surface area contributed by atoms with E-state index in [1.54, 1.807) is 12.1 Å². The molecule has 2 aromatic carbocycles. The predicted octanol–water partition coefficient (Wildman–Crippen LogP) is 3.08. The fourth-order valence-electron chi connectivity index (χ4n) is 3.18. The molecule has 0 saturated carbocycles. The lowest BCUT2D eigenvalue weighted by atomic mass is 10.0. The lowest BCUT2D eigenvalue weighted by molar-refractivity contribution is 0.0600. The molecule has 0 unspecified atom stereocenters. The van der Waals surface area contributed by atoms with E-state index in [4.69, 9.17) is 13.9 Å². The summed E-state index contributed by atoms with van der Waals surface area (Å²) in [6.45, 7) is 2.67. The average molecular weight is 365 g/mol. The Morgan fingerprint density at radius 1 is 1.00 bits per heavy atom. The van der Waals surface area contributed by atoms with Crippen molar-refractivity contribution in [2.45, 2.75) is 0 Å². The molecule has 0 amide bonds. The van der Waals surface area contributed by atoms with Gasteiger partial charge in [-0.15, -0.1) is 0 Å². The van der Waals surface area contributed by atoms with E-state index in [-0.39, 0.29) is 11.4 Å². The van der Waals surface area contributed by atoms with Gasteiger partial charge in [0.25, 0.3) is 0 Å². The zero-order valence-electron chi connectivity index (χ0n) is 14.9. The smallest absolute Gasteiger partial charge is 0.337 e. The first-order chi connectivity index (χ1) is 13.2. The van der Waals surface area contributed by atoms with Crippen LogP contribution in [0.25, 0.3) is 22.1 Å². The number of fused-ring (bicyclic) bond motifs is 1. The van der Waals surface area contributed by atoms with Crippen LogP contribution >= 0.6 is 0 Å². The monoisotopic (exact) mass is 365 g/mol. The maximum atomic E-state index is 12.6. The van der Waals surface area contributed by atoms with Crippen LogP contribution in [0.4, 0.5) is 5.88 Å². The van der Waals surface area contributed by atoms with Crippen LogP contribution in [0.3, 0.4) is 0 Å². The van der Waals surface area contributed by atoms with Crippen molar-refractivity contribution in [1.29, 1.82) is 0 Å². The van der Waals surface area contributed by atoms with Gasteiger partial charge in [-0.1, -0.05) is 18.2 Å². The van der Waals surface area contributed by atoms with Crippen molar-refractivity contribution in [1.82, 2.24) is 0 Å². The molecule has 0 atom stereocenters. The van der Waals surface area contributed by atoms with Gasteiger partial charge in [0.1, 0.15) is 5.58 Å². The van der Waals surface area contributed by atoms with Crippen LogP contribution < -0.4 is 10.3 Å². The van der Waals surface area contributed by atoms with Gasteiger partial charge in [-0.05, 0) is 35.4 Å². The molecule has 6 heteroatoms. The van der Waals surface area contributed by atoms with Crippen LogP contribution in [0.1, 0.15) is 10.4 Å². The Hall–Kier alpha value is -3.12. The summed E-state index contributed by atoms with van der Waals surface area (Å²) in [5, 5.41) is 0.529. The molecule has 27 heavy (non-hydrogen) atoms. The molecule has 1 fully saturated rings. The number of rotatable bonds is 3. The summed E-state index contributed by atoms with van der Waals surface area (Å²) < 4.78 is 16.0. The Labute approximate surface area is 155 Å². The second kappa shape index (κ2) is 7.25. The van der Waals surface area contributed by atoms with Crippen LogP contribution in [0.2, 0.25) is 0 Å². The van der Waals surface area contributed by atoms with Gasteiger partial charge >= 0.3 is 5.97 Å². The lowest BCUT2D eigenvalue weighted by Crippen LogP contribution is -2.36. The van der Waals surface area contributed by atoms with Crippen molar-refractivity contribution >= 4 is 22.8 Å². The van der Waals surface area contributed by atoms with E-state index in [9.17, 15) is 9.59 Å². The van der Waals surface area contributed by atoms with Gasteiger partial charge in [0.05, 0.1) is 31.3 Å². The number of esters is 1. The highest BCUT2D eigenvalue weighted by molar-refractivity contribution is 5.90. The number of carbonyl (C=O) groups is 1. The van der Waals surface area contributed by atoms with E-state index < -0.39 is 0 Å². The first-order valence-corrected chi connectivity index (χ1v) is 8.75. The molecule has 4 rings (SSSR count). The highest BCUT2D eigenvalue weighted by atomic mass is 16.5. The fraction of sp³-hybridized carbons (Fsp3) is 0.238. The van der Waals surface area contributed by atoms with Gasteiger partial charge in [0.15, 0.2) is 11.3 Å². The Kier molecular flexibility index (Phi) is 4.64. The van der Waals surface area contributed by atoms with E-state index in [2.05, 4.69) is 0 Å². The van der Waals surface area contributed by atoms with Crippen LogP contribution in [-0.4, -0.2) is 39.4 Å². The molecule has 0 N–H and O–H groups in total. The second-order valence-electron chi connectivity index (χ2n) is 6.33. The predicted molar refractivity (Wildman–Crippen MR) is 102 cm³/mol. The number of ether oxygens (including phenoxy) is 2. The lowest BCUT2D eigenvalue weighted by Gasteiger charge is -2.27. The summed E-state index contributed by atoms with van der Waals surface area (Å²) in [5.74, 6) is 0.197. The minimum atomic E-state index is -0.378. The normalized spacial score (nSPS) is 14.3. The standard InChI is InChI=1S/C21H19NO5/c1-25-21(24)15-4-2-14(3-5-15)16-6-7-19-17(12-16)18(23)13-20(27-19)22-8-10-26-11-9-22/h2-7,12-13H,8-11H2,1H3. The first kappa shape index (κ1) is 17.3. The maximum Gasteiger partial charge on any atom is 0.337 e. The number of benzene rings is 2. The van der Waals surface area contributed by atoms with Crippen molar-refractivity contribution in [2.75, 3.05) is 38.3 Å². The average Bonchev–Trinajstić information content (AvgIpc) is 2.73. The van der Waals surface area contributed by atoms with E-state index in [0.717, 1.165) is 11.1 Å². The fourth-order valence-corrected chi connectivity index (χ4v) is 3.18. The molecule has 0 aliphatic carbocycles. The first-order valence-electron chi connectivity index (χ1n) is 8.75. The third-order valence-corrected chi connectivity index (χ3v) is 4.68. The number of methoxy groups -OCH3 is 1. The number of anilines is 1. The van der Waals surface area contributed by atoms with E-state index >= 15 is 0 Å². The third kappa shape index (κ3) is 3.44. The van der Waals surface area contributed by atoms with Crippen molar-refractivity contribution in [3.63, 3.8) is 0 Å². The van der Waals surface area contributed by atoms with Crippen LogP contribution in [0.15, 0.2) is 57.7 Å². The highest BCUT2D eigenvalue weighted by Crippen LogP contribution is 2.26. The molecule has 138 valence electrons. The SMILES string of the molecule is COC(=O)c1ccc(-c2ccc3oc(N4CCOCC4)cc(=O)c3c2)cc1. The summed E-state index contributed by atoms with van der Waals surface area (Å²) in [6.07, 6.45) is 0. The number of morpholine rings is 1. The topological polar surface area (TPSA) is 69.0 Å². The van der Waals surface area contributed by atoms with Gasteiger partial charge in [0.2, 0.25) is 0 Å². The van der Waals surface area contributed by atoms with Crippen LogP contribution in [0, 0.1) is 0 Å². The van der Waals surface area contributed by atoms with Crippen LogP contribution in [0.5, 0.6) is 0 Å². The van der Waals surface area contributed by atoms with E-state index in [1.807, 2.05) is 35.2 Å². The van der Waals surface area contributed by atoms with Crippen molar-refractivity contribution < 1.29 is 18.7 Å². The zero-order chi connectivity index (χ0) is 18.8. The Morgan fingerprint density at radius 3 is 2.41 bits per heavy atom. The van der Waals surface area contributed by atoms with Gasteiger partial charge in [-0.25, -0.2) is 4.79 Å². The molecule has 3 aromatic rings. The molecule has 2 heterocycles. The number of hydrogen-bond acceptors (Lipinski definition) is 6. The Balaban J connectivity index is 1.69. The number of carbonyl (C=O) groups excluding carboxylic acids is 1. The van der Waals surface area contributed by atoms with Gasteiger partial charge < -0.3 is 18.8 Å². The summed E-state index contributed by atoms with van der Waals surface area (Å²) in [5.41, 5.74) is 2.74. The molecule has 0 radical (unpaired) electrons. The van der Waals surface area contributed by atoms with Gasteiger partial charge in [-0.3, -0.25) is 4.79 Å². The zero-order valence-corrected chi connectivity index (χ0v) is 14.9. The van der Waals surface area contributed by atoms with Crippen LogP contribution in [-0.2, 0) is 9.47 Å². The molecule has 6 nitrogen and oxygen atoms in total. The minimum Gasteiger partial charge on any atom is -0.465 e. The van der Waals surface area contributed by atoms with Crippen molar-refractivity contribution in [3.8, 4) is 11.1 Å². The van der Waals surface area contributed by atoms with Gasteiger partial charge in [-0.2, -0.15) is 0 Å². The molecule has 1 aliphatic rings. The molecular weight excluding hydrogens is 346 g/mol. The maximum absolute atomic E-state index is 12.6. The molecule has 0 spiro atoms. The molecule has 1 saturated heterocycles.